The standard InChI is InChI=1S/C17H34N2/c1-5-7-12-16(18-15-6-2)17(19(3)4)13-10-8-9-11-14-17/h5,16,18H,1,6-15H2,2-4H3. The van der Waals surface area contributed by atoms with Crippen LogP contribution in [0.4, 0.5) is 0 Å². The van der Waals surface area contributed by atoms with Gasteiger partial charge >= 0.3 is 0 Å². The van der Waals surface area contributed by atoms with Crippen LogP contribution in [-0.4, -0.2) is 37.1 Å². The Hall–Kier alpha value is -0.340. The van der Waals surface area contributed by atoms with Crippen molar-refractivity contribution >= 4 is 0 Å². The van der Waals surface area contributed by atoms with E-state index in [9.17, 15) is 0 Å². The summed E-state index contributed by atoms with van der Waals surface area (Å²) in [5, 5.41) is 3.83. The number of nitrogens with one attached hydrogen (secondary N) is 1. The molecule has 1 saturated carbocycles. The van der Waals surface area contributed by atoms with Crippen molar-refractivity contribution in [3.63, 3.8) is 0 Å². The van der Waals surface area contributed by atoms with Gasteiger partial charge in [0, 0.05) is 11.6 Å². The third-order valence-corrected chi connectivity index (χ3v) is 4.81. The lowest BCUT2D eigenvalue weighted by Gasteiger charge is -2.46. The number of likely N-dealkylation sites (N-methyl/N-ethyl adjacent to an activating group) is 1. The molecule has 1 unspecified atom stereocenters. The van der Waals surface area contributed by atoms with Gasteiger partial charge in [-0.15, -0.1) is 6.58 Å². The maximum Gasteiger partial charge on any atom is 0.0356 e. The molecule has 0 spiro atoms. The molecule has 0 aromatic heterocycles. The highest BCUT2D eigenvalue weighted by atomic mass is 15.2. The van der Waals surface area contributed by atoms with Crippen LogP contribution in [0.15, 0.2) is 12.7 Å². The van der Waals surface area contributed by atoms with E-state index in [2.05, 4.69) is 43.9 Å². The first-order chi connectivity index (χ1) is 9.17. The van der Waals surface area contributed by atoms with E-state index < -0.39 is 0 Å². The van der Waals surface area contributed by atoms with Crippen LogP contribution in [0.25, 0.3) is 0 Å². The second-order valence-electron chi connectivity index (χ2n) is 6.28. The highest BCUT2D eigenvalue weighted by Gasteiger charge is 2.39. The van der Waals surface area contributed by atoms with Crippen LogP contribution in [0, 0.1) is 0 Å². The predicted molar refractivity (Wildman–Crippen MR) is 85.6 cm³/mol. The van der Waals surface area contributed by atoms with Crippen molar-refractivity contribution in [2.45, 2.75) is 76.3 Å². The van der Waals surface area contributed by atoms with Crippen molar-refractivity contribution in [2.75, 3.05) is 20.6 Å². The van der Waals surface area contributed by atoms with Crippen molar-refractivity contribution in [1.82, 2.24) is 10.2 Å². The zero-order valence-corrected chi connectivity index (χ0v) is 13.4. The Labute approximate surface area is 120 Å². The molecule has 1 fully saturated rings. The topological polar surface area (TPSA) is 15.3 Å². The minimum Gasteiger partial charge on any atom is -0.312 e. The Balaban J connectivity index is 2.84. The van der Waals surface area contributed by atoms with Crippen LogP contribution in [0.5, 0.6) is 0 Å². The van der Waals surface area contributed by atoms with Gasteiger partial charge in [0.2, 0.25) is 0 Å². The highest BCUT2D eigenvalue weighted by Crippen LogP contribution is 2.35. The van der Waals surface area contributed by atoms with E-state index in [1.165, 1.54) is 51.4 Å². The summed E-state index contributed by atoms with van der Waals surface area (Å²) >= 11 is 0. The lowest BCUT2D eigenvalue weighted by atomic mass is 9.79. The fraction of sp³-hybridized carbons (Fsp3) is 0.882. The van der Waals surface area contributed by atoms with Crippen LogP contribution in [0.1, 0.15) is 64.7 Å². The molecule has 1 N–H and O–H groups in total. The highest BCUT2D eigenvalue weighted by molar-refractivity contribution is 5.00. The molecule has 1 atom stereocenters. The second kappa shape index (κ2) is 8.76. The maximum absolute atomic E-state index is 3.90. The molecule has 0 radical (unpaired) electrons. The van der Waals surface area contributed by atoms with Crippen molar-refractivity contribution in [1.29, 1.82) is 0 Å². The smallest absolute Gasteiger partial charge is 0.0356 e. The van der Waals surface area contributed by atoms with Gasteiger partial charge in [-0.1, -0.05) is 38.7 Å². The number of hydrogen-bond acceptors (Lipinski definition) is 2. The molecule has 19 heavy (non-hydrogen) atoms. The van der Waals surface area contributed by atoms with E-state index in [1.807, 2.05) is 0 Å². The lowest BCUT2D eigenvalue weighted by molar-refractivity contribution is 0.0766. The van der Waals surface area contributed by atoms with Crippen molar-refractivity contribution in [2.24, 2.45) is 0 Å². The molecule has 0 heterocycles. The molecular formula is C17H34N2. The summed E-state index contributed by atoms with van der Waals surface area (Å²) in [7, 11) is 4.56. The van der Waals surface area contributed by atoms with Crippen LogP contribution in [0.3, 0.4) is 0 Å². The number of rotatable bonds is 8. The molecule has 0 aromatic rings. The molecule has 0 saturated heterocycles. The largest absolute Gasteiger partial charge is 0.312 e. The Morgan fingerprint density at radius 2 is 1.84 bits per heavy atom. The average molecular weight is 266 g/mol. The minimum absolute atomic E-state index is 0.356. The van der Waals surface area contributed by atoms with E-state index in [-0.39, 0.29) is 0 Å². The quantitative estimate of drug-likeness (QED) is 0.528. The van der Waals surface area contributed by atoms with Crippen LogP contribution < -0.4 is 5.32 Å². The molecule has 0 aromatic carbocycles. The van der Waals surface area contributed by atoms with Crippen LogP contribution >= 0.6 is 0 Å². The Bertz CT molecular complexity index is 240. The first-order valence-electron chi connectivity index (χ1n) is 8.19. The number of hydrogen-bond donors (Lipinski definition) is 1. The second-order valence-corrected chi connectivity index (χ2v) is 6.28. The SMILES string of the molecule is C=CCCC(NCCC)C1(N(C)C)CCCCCC1. The average Bonchev–Trinajstić information content (AvgIpc) is 2.65. The Morgan fingerprint density at radius 1 is 1.21 bits per heavy atom. The number of allylic oxidation sites excluding steroid dienone is 1. The van der Waals surface area contributed by atoms with Crippen molar-refractivity contribution < 1.29 is 0 Å². The summed E-state index contributed by atoms with van der Waals surface area (Å²) in [6.45, 7) is 7.30. The van der Waals surface area contributed by atoms with E-state index in [1.54, 1.807) is 0 Å². The van der Waals surface area contributed by atoms with Gasteiger partial charge in [0.1, 0.15) is 0 Å². The minimum atomic E-state index is 0.356. The van der Waals surface area contributed by atoms with E-state index >= 15 is 0 Å². The number of nitrogens with zero attached hydrogens (tertiary/aromatic N) is 1. The third-order valence-electron chi connectivity index (χ3n) is 4.81. The summed E-state index contributed by atoms with van der Waals surface area (Å²) in [4.78, 5) is 2.51. The molecule has 1 aliphatic rings. The van der Waals surface area contributed by atoms with Gasteiger partial charge in [0.15, 0.2) is 0 Å². The first-order valence-corrected chi connectivity index (χ1v) is 8.19. The zero-order valence-electron chi connectivity index (χ0n) is 13.4. The fourth-order valence-electron chi connectivity index (χ4n) is 3.61. The van der Waals surface area contributed by atoms with Gasteiger partial charge in [0.05, 0.1) is 0 Å². The molecule has 1 aliphatic carbocycles. The van der Waals surface area contributed by atoms with Gasteiger partial charge in [-0.3, -0.25) is 0 Å². The molecule has 0 amide bonds. The molecule has 2 heteroatoms. The van der Waals surface area contributed by atoms with E-state index in [4.69, 9.17) is 0 Å². The molecule has 0 bridgehead atoms. The van der Waals surface area contributed by atoms with Crippen LogP contribution in [0.2, 0.25) is 0 Å². The Kier molecular flexibility index (Phi) is 7.70. The van der Waals surface area contributed by atoms with E-state index in [0.29, 0.717) is 11.6 Å². The summed E-state index contributed by atoms with van der Waals surface area (Å²) < 4.78 is 0. The maximum atomic E-state index is 3.90. The third kappa shape index (κ3) is 4.61. The van der Waals surface area contributed by atoms with Crippen LogP contribution in [-0.2, 0) is 0 Å². The van der Waals surface area contributed by atoms with Gasteiger partial charge in [-0.2, -0.15) is 0 Å². The van der Waals surface area contributed by atoms with Crippen molar-refractivity contribution in [3.05, 3.63) is 12.7 Å². The lowest BCUT2D eigenvalue weighted by Crippen LogP contribution is -2.59. The fourth-order valence-corrected chi connectivity index (χ4v) is 3.61. The molecule has 1 rings (SSSR count). The summed E-state index contributed by atoms with van der Waals surface area (Å²) in [5.74, 6) is 0. The van der Waals surface area contributed by atoms with Gasteiger partial charge in [-0.25, -0.2) is 0 Å². The normalized spacial score (nSPS) is 21.1. The summed E-state index contributed by atoms with van der Waals surface area (Å²) in [6.07, 6.45) is 13.9. The van der Waals surface area contributed by atoms with Gasteiger partial charge in [-0.05, 0) is 52.7 Å². The zero-order chi connectivity index (χ0) is 14.1. The Morgan fingerprint density at radius 3 is 2.32 bits per heavy atom. The van der Waals surface area contributed by atoms with E-state index in [0.717, 1.165) is 13.0 Å². The molecule has 112 valence electrons. The monoisotopic (exact) mass is 266 g/mol. The van der Waals surface area contributed by atoms with Crippen molar-refractivity contribution in [3.8, 4) is 0 Å². The summed E-state index contributed by atoms with van der Waals surface area (Å²) in [6, 6.07) is 0.610. The molecule has 0 aliphatic heterocycles. The predicted octanol–water partition coefficient (Wildman–Crippen LogP) is 3.98. The first kappa shape index (κ1) is 16.7. The van der Waals surface area contributed by atoms with Gasteiger partial charge in [0.25, 0.3) is 0 Å². The summed E-state index contributed by atoms with van der Waals surface area (Å²) in [5.41, 5.74) is 0.356. The molecule has 2 nitrogen and oxygen atoms in total. The molecular weight excluding hydrogens is 232 g/mol. The van der Waals surface area contributed by atoms with Gasteiger partial charge < -0.3 is 10.2 Å².